The Morgan fingerprint density at radius 2 is 1.86 bits per heavy atom. The van der Waals surface area contributed by atoms with Crippen LogP contribution < -0.4 is 4.74 Å². The molecule has 0 radical (unpaired) electrons. The molecule has 2 aromatic rings. The number of hydrogen-bond acceptors (Lipinski definition) is 5. The molecule has 2 heterocycles. The number of piperidine rings is 1. The zero-order chi connectivity index (χ0) is 20.4. The molecule has 1 aromatic heterocycles. The summed E-state index contributed by atoms with van der Waals surface area (Å²) >= 11 is 0. The number of hydrogen-bond donors (Lipinski definition) is 0. The van der Waals surface area contributed by atoms with Gasteiger partial charge >= 0.3 is 6.18 Å². The molecule has 1 aliphatic rings. The van der Waals surface area contributed by atoms with Crippen molar-refractivity contribution in [2.45, 2.75) is 37.8 Å². The van der Waals surface area contributed by atoms with E-state index >= 15 is 0 Å². The molecule has 6 nitrogen and oxygen atoms in total. The molecular formula is C18H20F3N3O3S. The van der Waals surface area contributed by atoms with Gasteiger partial charge in [-0.1, -0.05) is 12.1 Å². The maximum Gasteiger partial charge on any atom is 0.416 e. The van der Waals surface area contributed by atoms with E-state index in [1.54, 1.807) is 19.1 Å². The lowest BCUT2D eigenvalue weighted by Crippen LogP contribution is -2.44. The first kappa shape index (κ1) is 20.5. The summed E-state index contributed by atoms with van der Waals surface area (Å²) in [5, 5.41) is 7.83. The first-order valence-electron chi connectivity index (χ1n) is 8.74. The van der Waals surface area contributed by atoms with Crippen LogP contribution in [0.3, 0.4) is 0 Å². The van der Waals surface area contributed by atoms with Gasteiger partial charge in [-0.05, 0) is 43.5 Å². The molecule has 152 valence electrons. The van der Waals surface area contributed by atoms with E-state index in [4.69, 9.17) is 4.74 Å². The Labute approximate surface area is 161 Å². The number of alkyl halides is 3. The van der Waals surface area contributed by atoms with Crippen LogP contribution in [-0.4, -0.2) is 42.1 Å². The van der Waals surface area contributed by atoms with Crippen molar-refractivity contribution in [3.63, 3.8) is 0 Å². The minimum atomic E-state index is -4.45. The SMILES string of the molecule is Cc1ccc(OC2CCCN(S(=O)(=O)Cc3ccc(C(F)(F)F)cc3)C2)nn1. The number of rotatable bonds is 5. The molecule has 0 spiro atoms. The summed E-state index contributed by atoms with van der Waals surface area (Å²) in [6, 6.07) is 7.61. The van der Waals surface area contributed by atoms with Crippen molar-refractivity contribution in [2.24, 2.45) is 0 Å². The van der Waals surface area contributed by atoms with Crippen molar-refractivity contribution in [1.82, 2.24) is 14.5 Å². The quantitative estimate of drug-likeness (QED) is 0.750. The van der Waals surface area contributed by atoms with Gasteiger partial charge in [-0.25, -0.2) is 8.42 Å². The zero-order valence-corrected chi connectivity index (χ0v) is 16.0. The lowest BCUT2D eigenvalue weighted by molar-refractivity contribution is -0.137. The standard InChI is InChI=1S/C18H20F3N3O3S/c1-13-4-9-17(23-22-13)27-16-3-2-10-24(11-16)28(25,26)12-14-5-7-15(8-6-14)18(19,20)21/h4-9,16H,2-3,10-12H2,1H3. The average Bonchev–Trinajstić information content (AvgIpc) is 2.63. The molecule has 0 amide bonds. The lowest BCUT2D eigenvalue weighted by atomic mass is 10.1. The van der Waals surface area contributed by atoms with E-state index < -0.39 is 21.8 Å². The summed E-state index contributed by atoms with van der Waals surface area (Å²) in [6.45, 7) is 2.31. The molecule has 0 aliphatic carbocycles. The molecule has 0 bridgehead atoms. The maximum absolute atomic E-state index is 12.7. The second-order valence-electron chi connectivity index (χ2n) is 6.70. The highest BCUT2D eigenvalue weighted by molar-refractivity contribution is 7.88. The predicted octanol–water partition coefficient (Wildman–Crippen LogP) is 3.18. The number of nitrogens with zero attached hydrogens (tertiary/aromatic N) is 3. The highest BCUT2D eigenvalue weighted by atomic mass is 32.2. The maximum atomic E-state index is 12.7. The van der Waals surface area contributed by atoms with Crippen molar-refractivity contribution in [3.8, 4) is 5.88 Å². The summed E-state index contributed by atoms with van der Waals surface area (Å²) in [6.07, 6.45) is -3.50. The minimum Gasteiger partial charge on any atom is -0.472 e. The zero-order valence-electron chi connectivity index (χ0n) is 15.2. The third kappa shape index (κ3) is 5.20. The number of aryl methyl sites for hydroxylation is 1. The average molecular weight is 415 g/mol. The van der Waals surface area contributed by atoms with E-state index in [0.717, 1.165) is 17.8 Å². The van der Waals surface area contributed by atoms with Gasteiger partial charge in [0.15, 0.2) is 0 Å². The highest BCUT2D eigenvalue weighted by Crippen LogP contribution is 2.29. The molecule has 0 saturated carbocycles. The van der Waals surface area contributed by atoms with Crippen LogP contribution >= 0.6 is 0 Å². The molecule has 1 aliphatic heterocycles. The summed E-state index contributed by atoms with van der Waals surface area (Å²) in [7, 11) is -3.68. The van der Waals surface area contributed by atoms with Crippen LogP contribution in [0.1, 0.15) is 29.7 Å². The van der Waals surface area contributed by atoms with E-state index in [-0.39, 0.29) is 18.4 Å². The fraction of sp³-hybridized carbons (Fsp3) is 0.444. The van der Waals surface area contributed by atoms with Gasteiger partial charge in [0.1, 0.15) is 6.10 Å². The van der Waals surface area contributed by atoms with Crippen LogP contribution in [0.5, 0.6) is 5.88 Å². The number of sulfonamides is 1. The van der Waals surface area contributed by atoms with Crippen LogP contribution in [0.25, 0.3) is 0 Å². The van der Waals surface area contributed by atoms with E-state index in [2.05, 4.69) is 10.2 Å². The number of aromatic nitrogens is 2. The number of halogens is 3. The van der Waals surface area contributed by atoms with Crippen molar-refractivity contribution < 1.29 is 26.3 Å². The Hall–Kier alpha value is -2.20. The summed E-state index contributed by atoms with van der Waals surface area (Å²) in [5.74, 6) is -0.0278. The van der Waals surface area contributed by atoms with E-state index in [1.807, 2.05) is 0 Å². The molecule has 0 N–H and O–H groups in total. The van der Waals surface area contributed by atoms with Crippen molar-refractivity contribution in [3.05, 3.63) is 53.2 Å². The van der Waals surface area contributed by atoms with Crippen molar-refractivity contribution >= 4 is 10.0 Å². The van der Waals surface area contributed by atoms with Crippen LogP contribution in [0.4, 0.5) is 13.2 Å². The normalized spacial score (nSPS) is 18.8. The predicted molar refractivity (Wildman–Crippen MR) is 96.1 cm³/mol. The molecular weight excluding hydrogens is 395 g/mol. The Balaban J connectivity index is 1.65. The largest absolute Gasteiger partial charge is 0.472 e. The van der Waals surface area contributed by atoms with Crippen LogP contribution in [0.15, 0.2) is 36.4 Å². The van der Waals surface area contributed by atoms with Crippen LogP contribution in [0, 0.1) is 6.92 Å². The van der Waals surface area contributed by atoms with E-state index in [0.29, 0.717) is 30.8 Å². The van der Waals surface area contributed by atoms with Crippen molar-refractivity contribution in [1.29, 1.82) is 0 Å². The molecule has 3 rings (SSSR count). The van der Waals surface area contributed by atoms with Gasteiger partial charge in [-0.2, -0.15) is 22.6 Å². The molecule has 1 saturated heterocycles. The Morgan fingerprint density at radius 3 is 2.46 bits per heavy atom. The molecule has 1 atom stereocenters. The van der Waals surface area contributed by atoms with E-state index in [1.165, 1.54) is 16.4 Å². The smallest absolute Gasteiger partial charge is 0.416 e. The minimum absolute atomic E-state index is 0.165. The lowest BCUT2D eigenvalue weighted by Gasteiger charge is -2.31. The van der Waals surface area contributed by atoms with Crippen LogP contribution in [0.2, 0.25) is 0 Å². The second-order valence-corrected chi connectivity index (χ2v) is 8.67. The first-order chi connectivity index (χ1) is 13.1. The fourth-order valence-corrected chi connectivity index (χ4v) is 4.56. The molecule has 28 heavy (non-hydrogen) atoms. The Kier molecular flexibility index (Phi) is 5.90. The van der Waals surface area contributed by atoms with Gasteiger partial charge in [-0.15, -0.1) is 5.10 Å². The van der Waals surface area contributed by atoms with Gasteiger partial charge in [0.25, 0.3) is 0 Å². The summed E-state index contributed by atoms with van der Waals surface area (Å²) < 4.78 is 70.4. The first-order valence-corrected chi connectivity index (χ1v) is 10.4. The molecule has 1 fully saturated rings. The van der Waals surface area contributed by atoms with Crippen LogP contribution in [-0.2, 0) is 22.0 Å². The van der Waals surface area contributed by atoms with Crippen molar-refractivity contribution in [2.75, 3.05) is 13.1 Å². The molecule has 1 unspecified atom stereocenters. The van der Waals surface area contributed by atoms with Gasteiger partial charge in [0.2, 0.25) is 15.9 Å². The summed E-state index contributed by atoms with van der Waals surface area (Å²) in [4.78, 5) is 0. The summed E-state index contributed by atoms with van der Waals surface area (Å²) in [5.41, 5.74) is 0.247. The van der Waals surface area contributed by atoms with E-state index in [9.17, 15) is 21.6 Å². The Bertz CT molecular complexity index is 900. The fourth-order valence-electron chi connectivity index (χ4n) is 2.97. The van der Waals surface area contributed by atoms with Gasteiger partial charge in [0, 0.05) is 12.6 Å². The van der Waals surface area contributed by atoms with Gasteiger partial charge < -0.3 is 4.74 Å². The second kappa shape index (κ2) is 8.04. The monoisotopic (exact) mass is 415 g/mol. The highest BCUT2D eigenvalue weighted by Gasteiger charge is 2.32. The van der Waals surface area contributed by atoms with Gasteiger partial charge in [0.05, 0.1) is 23.6 Å². The molecule has 10 heteroatoms. The topological polar surface area (TPSA) is 72.4 Å². The Morgan fingerprint density at radius 1 is 1.14 bits per heavy atom. The van der Waals surface area contributed by atoms with Gasteiger partial charge in [-0.3, -0.25) is 0 Å². The number of benzene rings is 1. The third-order valence-electron chi connectivity index (χ3n) is 4.43. The molecule has 1 aromatic carbocycles. The third-order valence-corrected chi connectivity index (χ3v) is 6.24. The number of ether oxygens (including phenoxy) is 1.